The summed E-state index contributed by atoms with van der Waals surface area (Å²) in [4.78, 5) is 0. The molecular weight excluding hydrogens is 205 g/mol. The van der Waals surface area contributed by atoms with Gasteiger partial charge in [-0.1, -0.05) is 12.8 Å². The third-order valence-electron chi connectivity index (χ3n) is 3.41. The molecule has 2 N–H and O–H groups in total. The summed E-state index contributed by atoms with van der Waals surface area (Å²) in [6, 6.07) is 3.39. The van der Waals surface area contributed by atoms with Crippen LogP contribution in [0.1, 0.15) is 36.8 Å². The fourth-order valence-electron chi connectivity index (χ4n) is 2.61. The minimum absolute atomic E-state index is 0.235. The molecule has 1 saturated carbocycles. The number of nitrogens with two attached hydrogens (primary N) is 1. The number of hydrogen-bond acceptors (Lipinski definition) is 2. The molecule has 0 amide bonds. The number of halogens is 1. The smallest absolute Gasteiger partial charge is 0.132 e. The zero-order chi connectivity index (χ0) is 11.8. The summed E-state index contributed by atoms with van der Waals surface area (Å²) >= 11 is 0. The number of methoxy groups -OCH3 is 1. The molecule has 1 fully saturated rings. The quantitative estimate of drug-likeness (QED) is 0.836. The van der Waals surface area contributed by atoms with Crippen molar-refractivity contribution >= 4 is 0 Å². The van der Waals surface area contributed by atoms with Crippen molar-refractivity contribution in [3.05, 3.63) is 29.1 Å². The van der Waals surface area contributed by atoms with Crippen molar-refractivity contribution in [2.24, 2.45) is 5.73 Å². The predicted molar refractivity (Wildman–Crippen MR) is 62.0 cm³/mol. The number of benzene rings is 1. The molecule has 1 aromatic carbocycles. The van der Waals surface area contributed by atoms with Crippen molar-refractivity contribution in [1.29, 1.82) is 0 Å². The van der Waals surface area contributed by atoms with Gasteiger partial charge in [-0.05, 0) is 37.5 Å². The maximum atomic E-state index is 14.0. The van der Waals surface area contributed by atoms with Crippen molar-refractivity contribution in [2.45, 2.75) is 38.1 Å². The van der Waals surface area contributed by atoms with E-state index in [1.807, 2.05) is 13.0 Å². The molecule has 88 valence electrons. The molecule has 16 heavy (non-hydrogen) atoms. The third-order valence-corrected chi connectivity index (χ3v) is 3.41. The second-order valence-electron chi connectivity index (χ2n) is 4.69. The Kier molecular flexibility index (Phi) is 2.89. The van der Waals surface area contributed by atoms with Crippen LogP contribution in [0.2, 0.25) is 0 Å². The van der Waals surface area contributed by atoms with Crippen LogP contribution in [0.25, 0.3) is 0 Å². The highest BCUT2D eigenvalue weighted by atomic mass is 19.1. The fraction of sp³-hybridized carbons (Fsp3) is 0.538. The van der Waals surface area contributed by atoms with Crippen molar-refractivity contribution in [2.75, 3.05) is 7.11 Å². The highest BCUT2D eigenvalue weighted by Gasteiger charge is 2.36. The summed E-state index contributed by atoms with van der Waals surface area (Å²) in [5, 5.41) is 0. The minimum Gasteiger partial charge on any atom is -0.496 e. The monoisotopic (exact) mass is 223 g/mol. The number of aryl methyl sites for hydroxylation is 1. The summed E-state index contributed by atoms with van der Waals surface area (Å²) in [7, 11) is 1.57. The van der Waals surface area contributed by atoms with Crippen LogP contribution in [0.5, 0.6) is 5.75 Å². The Morgan fingerprint density at radius 1 is 1.31 bits per heavy atom. The van der Waals surface area contributed by atoms with Gasteiger partial charge >= 0.3 is 0 Å². The summed E-state index contributed by atoms with van der Waals surface area (Å²) < 4.78 is 19.3. The molecule has 1 aliphatic carbocycles. The fourth-order valence-corrected chi connectivity index (χ4v) is 2.61. The zero-order valence-corrected chi connectivity index (χ0v) is 9.85. The lowest BCUT2D eigenvalue weighted by Crippen LogP contribution is -2.34. The molecule has 1 aliphatic rings. The van der Waals surface area contributed by atoms with Gasteiger partial charge in [0.05, 0.1) is 7.11 Å². The lowest BCUT2D eigenvalue weighted by molar-refractivity contribution is 0.365. The Labute approximate surface area is 95.6 Å². The van der Waals surface area contributed by atoms with E-state index in [-0.39, 0.29) is 5.82 Å². The normalized spacial score (nSPS) is 18.8. The first-order chi connectivity index (χ1) is 7.57. The Morgan fingerprint density at radius 2 is 1.94 bits per heavy atom. The van der Waals surface area contributed by atoms with Gasteiger partial charge in [-0.25, -0.2) is 4.39 Å². The number of rotatable bonds is 2. The van der Waals surface area contributed by atoms with Gasteiger partial charge in [0.1, 0.15) is 11.6 Å². The van der Waals surface area contributed by atoms with Crippen LogP contribution < -0.4 is 10.5 Å². The molecular formula is C13H18FNO. The van der Waals surface area contributed by atoms with Crippen LogP contribution in [0.4, 0.5) is 4.39 Å². The van der Waals surface area contributed by atoms with Gasteiger partial charge in [0.2, 0.25) is 0 Å². The van der Waals surface area contributed by atoms with Gasteiger partial charge in [-0.2, -0.15) is 0 Å². The van der Waals surface area contributed by atoms with E-state index >= 15 is 0 Å². The Hall–Kier alpha value is -1.09. The van der Waals surface area contributed by atoms with Gasteiger partial charge in [0, 0.05) is 11.1 Å². The van der Waals surface area contributed by atoms with Gasteiger partial charge in [0.25, 0.3) is 0 Å². The van der Waals surface area contributed by atoms with Gasteiger partial charge in [0.15, 0.2) is 0 Å². The Morgan fingerprint density at radius 3 is 2.50 bits per heavy atom. The van der Waals surface area contributed by atoms with Crippen molar-refractivity contribution in [3.63, 3.8) is 0 Å². The Balaban J connectivity index is 2.54. The second kappa shape index (κ2) is 4.06. The standard InChI is InChI=1S/C13H18FNO/c1-9-7-10(14)12(11(8-9)16-2)13(15)5-3-4-6-13/h7-8H,3-6,15H2,1-2H3. The highest BCUT2D eigenvalue weighted by molar-refractivity contribution is 5.43. The van der Waals surface area contributed by atoms with Crippen LogP contribution in [0.15, 0.2) is 12.1 Å². The molecule has 0 spiro atoms. The predicted octanol–water partition coefficient (Wildman–Crippen LogP) is 2.87. The largest absolute Gasteiger partial charge is 0.496 e. The average molecular weight is 223 g/mol. The summed E-state index contributed by atoms with van der Waals surface area (Å²) in [5.41, 5.74) is 7.16. The third kappa shape index (κ3) is 1.80. The number of hydrogen-bond donors (Lipinski definition) is 1. The van der Waals surface area contributed by atoms with Crippen LogP contribution in [0, 0.1) is 12.7 Å². The lowest BCUT2D eigenvalue weighted by atomic mass is 9.87. The van der Waals surface area contributed by atoms with Gasteiger partial charge in [-0.3, -0.25) is 0 Å². The number of ether oxygens (including phenoxy) is 1. The van der Waals surface area contributed by atoms with E-state index < -0.39 is 5.54 Å². The van der Waals surface area contributed by atoms with Crippen molar-refractivity contribution in [3.8, 4) is 5.75 Å². The molecule has 0 aromatic heterocycles. The topological polar surface area (TPSA) is 35.2 Å². The van der Waals surface area contributed by atoms with E-state index in [1.54, 1.807) is 7.11 Å². The molecule has 0 aliphatic heterocycles. The van der Waals surface area contributed by atoms with E-state index in [4.69, 9.17) is 10.5 Å². The molecule has 2 rings (SSSR count). The molecule has 0 unspecified atom stereocenters. The van der Waals surface area contributed by atoms with E-state index in [0.717, 1.165) is 31.2 Å². The minimum atomic E-state index is -0.539. The lowest BCUT2D eigenvalue weighted by Gasteiger charge is -2.27. The first kappa shape index (κ1) is 11.4. The van der Waals surface area contributed by atoms with Crippen LogP contribution in [-0.2, 0) is 5.54 Å². The summed E-state index contributed by atoms with van der Waals surface area (Å²) in [5.74, 6) is 0.350. The van der Waals surface area contributed by atoms with Crippen LogP contribution in [-0.4, -0.2) is 7.11 Å². The SMILES string of the molecule is COc1cc(C)cc(F)c1C1(N)CCCC1. The van der Waals surface area contributed by atoms with Gasteiger partial charge in [-0.15, -0.1) is 0 Å². The van der Waals surface area contributed by atoms with E-state index in [9.17, 15) is 4.39 Å². The van der Waals surface area contributed by atoms with E-state index in [1.165, 1.54) is 6.07 Å². The average Bonchev–Trinajstić information content (AvgIpc) is 2.64. The van der Waals surface area contributed by atoms with E-state index in [0.29, 0.717) is 11.3 Å². The van der Waals surface area contributed by atoms with Gasteiger partial charge < -0.3 is 10.5 Å². The molecule has 2 nitrogen and oxygen atoms in total. The van der Waals surface area contributed by atoms with Crippen LogP contribution >= 0.6 is 0 Å². The Bertz CT molecular complexity index is 397. The summed E-state index contributed by atoms with van der Waals surface area (Å²) in [6.45, 7) is 1.85. The zero-order valence-electron chi connectivity index (χ0n) is 9.85. The molecule has 0 radical (unpaired) electrons. The molecule has 0 saturated heterocycles. The van der Waals surface area contributed by atoms with Crippen molar-refractivity contribution < 1.29 is 9.13 Å². The maximum absolute atomic E-state index is 14.0. The molecule has 0 bridgehead atoms. The van der Waals surface area contributed by atoms with Crippen molar-refractivity contribution in [1.82, 2.24) is 0 Å². The maximum Gasteiger partial charge on any atom is 0.132 e. The molecule has 0 heterocycles. The summed E-state index contributed by atoms with van der Waals surface area (Å²) in [6.07, 6.45) is 3.80. The van der Waals surface area contributed by atoms with E-state index in [2.05, 4.69) is 0 Å². The first-order valence-corrected chi connectivity index (χ1v) is 5.70. The molecule has 0 atom stereocenters. The first-order valence-electron chi connectivity index (χ1n) is 5.70. The van der Waals surface area contributed by atoms with Crippen LogP contribution in [0.3, 0.4) is 0 Å². The molecule has 3 heteroatoms. The highest BCUT2D eigenvalue weighted by Crippen LogP contribution is 2.42. The molecule has 1 aromatic rings. The second-order valence-corrected chi connectivity index (χ2v) is 4.69.